The summed E-state index contributed by atoms with van der Waals surface area (Å²) in [6, 6.07) is 10.5. The first-order valence-corrected chi connectivity index (χ1v) is 6.21. The lowest BCUT2D eigenvalue weighted by atomic mass is 10.1. The van der Waals surface area contributed by atoms with Crippen LogP contribution in [0.4, 0.5) is 11.4 Å². The van der Waals surface area contributed by atoms with Crippen molar-refractivity contribution < 1.29 is 9.66 Å². The summed E-state index contributed by atoms with van der Waals surface area (Å²) in [5.74, 6) is 0.782. The van der Waals surface area contributed by atoms with Gasteiger partial charge < -0.3 is 10.5 Å². The SMILES string of the molecule is Cc1cccc(OCc2ccc(N)c([N+](=O)[O-])c2)c1C. The monoisotopic (exact) mass is 272 g/mol. The molecule has 104 valence electrons. The first-order valence-electron chi connectivity index (χ1n) is 6.21. The Hall–Kier alpha value is -2.56. The lowest BCUT2D eigenvalue weighted by molar-refractivity contribution is -0.384. The normalized spacial score (nSPS) is 10.3. The first kappa shape index (κ1) is 13.9. The minimum absolute atomic E-state index is 0.0907. The Morgan fingerprint density at radius 3 is 2.70 bits per heavy atom. The van der Waals surface area contributed by atoms with E-state index in [1.165, 1.54) is 12.1 Å². The Balaban J connectivity index is 2.17. The van der Waals surface area contributed by atoms with Crippen LogP contribution in [0.15, 0.2) is 36.4 Å². The number of aryl methyl sites for hydroxylation is 1. The van der Waals surface area contributed by atoms with Gasteiger partial charge in [0.05, 0.1) is 4.92 Å². The van der Waals surface area contributed by atoms with E-state index >= 15 is 0 Å². The van der Waals surface area contributed by atoms with Crippen molar-refractivity contribution in [2.75, 3.05) is 5.73 Å². The number of anilines is 1. The van der Waals surface area contributed by atoms with E-state index in [4.69, 9.17) is 10.5 Å². The molecule has 0 aliphatic carbocycles. The molecule has 0 aliphatic heterocycles. The predicted molar refractivity (Wildman–Crippen MR) is 77.8 cm³/mol. The van der Waals surface area contributed by atoms with E-state index in [1.54, 1.807) is 6.07 Å². The summed E-state index contributed by atoms with van der Waals surface area (Å²) in [6.45, 7) is 4.26. The highest BCUT2D eigenvalue weighted by Gasteiger charge is 2.12. The Morgan fingerprint density at radius 1 is 1.25 bits per heavy atom. The highest BCUT2D eigenvalue weighted by atomic mass is 16.6. The van der Waals surface area contributed by atoms with Gasteiger partial charge in [0.15, 0.2) is 0 Å². The van der Waals surface area contributed by atoms with E-state index in [-0.39, 0.29) is 18.0 Å². The molecule has 0 unspecified atom stereocenters. The van der Waals surface area contributed by atoms with Gasteiger partial charge >= 0.3 is 0 Å². The average Bonchev–Trinajstić information content (AvgIpc) is 2.41. The quantitative estimate of drug-likeness (QED) is 0.525. The van der Waals surface area contributed by atoms with Crippen LogP contribution in [0.2, 0.25) is 0 Å². The third kappa shape index (κ3) is 2.88. The molecule has 5 nitrogen and oxygen atoms in total. The van der Waals surface area contributed by atoms with Crippen molar-refractivity contribution in [3.63, 3.8) is 0 Å². The summed E-state index contributed by atoms with van der Waals surface area (Å²) in [7, 11) is 0. The fourth-order valence-corrected chi connectivity index (χ4v) is 1.88. The average molecular weight is 272 g/mol. The van der Waals surface area contributed by atoms with Crippen LogP contribution in [-0.4, -0.2) is 4.92 Å². The second-order valence-corrected chi connectivity index (χ2v) is 4.64. The molecule has 0 amide bonds. The molecule has 2 aromatic rings. The van der Waals surface area contributed by atoms with E-state index in [1.807, 2.05) is 32.0 Å². The molecule has 5 heteroatoms. The number of ether oxygens (including phenoxy) is 1. The van der Waals surface area contributed by atoms with Crippen LogP contribution in [0.25, 0.3) is 0 Å². The van der Waals surface area contributed by atoms with Crippen molar-refractivity contribution in [1.82, 2.24) is 0 Å². The second kappa shape index (κ2) is 5.61. The zero-order valence-electron chi connectivity index (χ0n) is 11.4. The number of hydrogen-bond acceptors (Lipinski definition) is 4. The Kier molecular flexibility index (Phi) is 3.89. The summed E-state index contributed by atoms with van der Waals surface area (Å²) < 4.78 is 5.71. The fraction of sp³-hybridized carbons (Fsp3) is 0.200. The van der Waals surface area contributed by atoms with Gasteiger partial charge in [-0.25, -0.2) is 0 Å². The van der Waals surface area contributed by atoms with Crippen LogP contribution < -0.4 is 10.5 Å². The first-order chi connectivity index (χ1) is 9.49. The van der Waals surface area contributed by atoms with Crippen molar-refractivity contribution in [1.29, 1.82) is 0 Å². The Bertz CT molecular complexity index is 654. The molecule has 0 saturated carbocycles. The number of nitrogens with two attached hydrogens (primary N) is 1. The molecule has 0 aliphatic rings. The summed E-state index contributed by atoms with van der Waals surface area (Å²) in [5.41, 5.74) is 8.55. The molecule has 0 spiro atoms. The maximum atomic E-state index is 10.8. The van der Waals surface area contributed by atoms with Gasteiger partial charge in [0.1, 0.15) is 18.0 Å². The molecule has 0 aromatic heterocycles. The van der Waals surface area contributed by atoms with E-state index < -0.39 is 4.92 Å². The van der Waals surface area contributed by atoms with E-state index in [2.05, 4.69) is 0 Å². The Morgan fingerprint density at radius 2 is 2.00 bits per heavy atom. The number of hydrogen-bond donors (Lipinski definition) is 1. The number of rotatable bonds is 4. The number of nitro groups is 1. The molecule has 0 heterocycles. The van der Waals surface area contributed by atoms with Crippen LogP contribution >= 0.6 is 0 Å². The Labute approximate surface area is 117 Å². The zero-order valence-corrected chi connectivity index (χ0v) is 11.4. The fourth-order valence-electron chi connectivity index (χ4n) is 1.88. The molecular formula is C15H16N2O3. The van der Waals surface area contributed by atoms with Crippen LogP contribution in [0.5, 0.6) is 5.75 Å². The minimum Gasteiger partial charge on any atom is -0.489 e. The predicted octanol–water partition coefficient (Wildman–Crippen LogP) is 3.37. The minimum atomic E-state index is -0.489. The molecule has 0 fully saturated rings. The van der Waals surface area contributed by atoms with Crippen molar-refractivity contribution in [2.24, 2.45) is 0 Å². The number of nitro benzene ring substituents is 1. The third-order valence-corrected chi connectivity index (χ3v) is 3.24. The van der Waals surface area contributed by atoms with Gasteiger partial charge in [-0.05, 0) is 42.7 Å². The topological polar surface area (TPSA) is 78.4 Å². The standard InChI is InChI=1S/C15H16N2O3/c1-10-4-3-5-15(11(10)2)20-9-12-6-7-13(16)14(8-12)17(18)19/h3-8H,9,16H2,1-2H3. The highest BCUT2D eigenvalue weighted by Crippen LogP contribution is 2.25. The lowest BCUT2D eigenvalue weighted by Gasteiger charge is -2.11. The summed E-state index contributed by atoms with van der Waals surface area (Å²) in [5, 5.41) is 10.8. The van der Waals surface area contributed by atoms with E-state index in [0.29, 0.717) is 5.56 Å². The zero-order chi connectivity index (χ0) is 14.7. The molecule has 0 radical (unpaired) electrons. The maximum Gasteiger partial charge on any atom is 0.292 e. The maximum absolute atomic E-state index is 10.8. The molecule has 2 aromatic carbocycles. The largest absolute Gasteiger partial charge is 0.489 e. The van der Waals surface area contributed by atoms with Gasteiger partial charge in [-0.1, -0.05) is 18.2 Å². The van der Waals surface area contributed by atoms with Crippen molar-refractivity contribution in [3.8, 4) is 5.75 Å². The van der Waals surface area contributed by atoms with E-state index in [0.717, 1.165) is 16.9 Å². The van der Waals surface area contributed by atoms with Crippen LogP contribution in [-0.2, 0) is 6.61 Å². The second-order valence-electron chi connectivity index (χ2n) is 4.64. The van der Waals surface area contributed by atoms with Crippen LogP contribution in [0.3, 0.4) is 0 Å². The van der Waals surface area contributed by atoms with Gasteiger partial charge in [-0.3, -0.25) is 10.1 Å². The summed E-state index contributed by atoms with van der Waals surface area (Å²) in [6.07, 6.45) is 0. The van der Waals surface area contributed by atoms with Gasteiger partial charge in [-0.15, -0.1) is 0 Å². The van der Waals surface area contributed by atoms with E-state index in [9.17, 15) is 10.1 Å². The number of nitrogen functional groups attached to an aromatic ring is 1. The van der Waals surface area contributed by atoms with Crippen molar-refractivity contribution >= 4 is 11.4 Å². The highest BCUT2D eigenvalue weighted by molar-refractivity contribution is 5.59. The molecule has 0 atom stereocenters. The molecule has 2 rings (SSSR count). The third-order valence-electron chi connectivity index (χ3n) is 3.24. The van der Waals surface area contributed by atoms with Gasteiger partial charge in [-0.2, -0.15) is 0 Å². The van der Waals surface area contributed by atoms with Gasteiger partial charge in [0.25, 0.3) is 5.69 Å². The van der Waals surface area contributed by atoms with Gasteiger partial charge in [0.2, 0.25) is 0 Å². The summed E-state index contributed by atoms with van der Waals surface area (Å²) >= 11 is 0. The lowest BCUT2D eigenvalue weighted by Crippen LogP contribution is -2.01. The van der Waals surface area contributed by atoms with Crippen LogP contribution in [0, 0.1) is 24.0 Å². The van der Waals surface area contributed by atoms with Gasteiger partial charge in [0, 0.05) is 6.07 Å². The molecule has 0 saturated heterocycles. The smallest absolute Gasteiger partial charge is 0.292 e. The van der Waals surface area contributed by atoms with Crippen LogP contribution in [0.1, 0.15) is 16.7 Å². The van der Waals surface area contributed by atoms with Crippen molar-refractivity contribution in [2.45, 2.75) is 20.5 Å². The summed E-state index contributed by atoms with van der Waals surface area (Å²) in [4.78, 5) is 10.3. The molecule has 0 bridgehead atoms. The molecule has 2 N–H and O–H groups in total. The number of benzene rings is 2. The number of nitrogens with zero attached hydrogens (tertiary/aromatic N) is 1. The van der Waals surface area contributed by atoms with Crippen molar-refractivity contribution in [3.05, 3.63) is 63.2 Å². The molecular weight excluding hydrogens is 256 g/mol. The molecule has 20 heavy (non-hydrogen) atoms.